The molecule has 0 aliphatic carbocycles. The molecule has 0 radical (unpaired) electrons. The number of methoxy groups -OCH3 is 3. The van der Waals surface area contributed by atoms with Crippen molar-refractivity contribution in [3.05, 3.63) is 53.1 Å². The van der Waals surface area contributed by atoms with Crippen LogP contribution in [0.5, 0.6) is 17.2 Å². The number of carbonyl (C=O) groups is 1. The van der Waals surface area contributed by atoms with Gasteiger partial charge in [-0.25, -0.2) is 0 Å². The van der Waals surface area contributed by atoms with Crippen LogP contribution in [0.2, 0.25) is 0 Å². The van der Waals surface area contributed by atoms with Gasteiger partial charge in [-0.1, -0.05) is 19.1 Å². The molecule has 1 amide bonds. The van der Waals surface area contributed by atoms with Gasteiger partial charge < -0.3 is 19.5 Å². The van der Waals surface area contributed by atoms with E-state index in [-0.39, 0.29) is 18.0 Å². The lowest BCUT2D eigenvalue weighted by Gasteiger charge is -2.42. The summed E-state index contributed by atoms with van der Waals surface area (Å²) in [6, 6.07) is 12.4. The average Bonchev–Trinajstić information content (AvgIpc) is 2.77. The molecule has 1 aliphatic heterocycles. The number of fused-ring (bicyclic) bond motifs is 1. The Morgan fingerprint density at radius 1 is 1.10 bits per heavy atom. The molecule has 162 valence electrons. The molecule has 0 aromatic heterocycles. The number of nitrogens with zero attached hydrogens (tertiary/aromatic N) is 1. The molecule has 2 aromatic rings. The first-order valence-corrected chi connectivity index (χ1v) is 10.4. The fraction of sp³-hybridized carbons (Fsp3) is 0.458. The third kappa shape index (κ3) is 4.70. The summed E-state index contributed by atoms with van der Waals surface area (Å²) in [7, 11) is 4.99. The topological polar surface area (TPSA) is 60.0 Å². The van der Waals surface area contributed by atoms with Crippen LogP contribution in [-0.2, 0) is 17.8 Å². The number of ether oxygens (including phenoxy) is 3. The van der Waals surface area contributed by atoms with Crippen LogP contribution in [0.25, 0.3) is 0 Å². The Hall–Kier alpha value is -2.73. The lowest BCUT2D eigenvalue weighted by Crippen LogP contribution is -2.48. The van der Waals surface area contributed by atoms with Crippen LogP contribution in [0, 0.1) is 0 Å². The summed E-state index contributed by atoms with van der Waals surface area (Å²) in [5.41, 5.74) is 3.64. The van der Waals surface area contributed by atoms with Crippen LogP contribution in [0.1, 0.15) is 43.0 Å². The normalized spacial score (nSPS) is 17.0. The third-order valence-corrected chi connectivity index (χ3v) is 5.78. The van der Waals surface area contributed by atoms with E-state index in [1.165, 1.54) is 16.7 Å². The molecule has 1 aliphatic rings. The maximum Gasteiger partial charge on any atom is 0.217 e. The Morgan fingerprint density at radius 2 is 1.77 bits per heavy atom. The summed E-state index contributed by atoms with van der Waals surface area (Å²) in [6.07, 6.45) is 1.75. The molecular weight excluding hydrogens is 380 g/mol. The third-order valence-electron chi connectivity index (χ3n) is 5.78. The highest BCUT2D eigenvalue weighted by Crippen LogP contribution is 2.40. The van der Waals surface area contributed by atoms with Gasteiger partial charge in [-0.2, -0.15) is 0 Å². The molecule has 30 heavy (non-hydrogen) atoms. The average molecular weight is 413 g/mol. The molecule has 6 heteroatoms. The van der Waals surface area contributed by atoms with E-state index < -0.39 is 0 Å². The monoisotopic (exact) mass is 412 g/mol. The van der Waals surface area contributed by atoms with Gasteiger partial charge in [-0.15, -0.1) is 0 Å². The van der Waals surface area contributed by atoms with Crippen molar-refractivity contribution in [1.29, 1.82) is 0 Å². The fourth-order valence-corrected chi connectivity index (χ4v) is 4.31. The lowest BCUT2D eigenvalue weighted by molar-refractivity contribution is -0.120. The van der Waals surface area contributed by atoms with Crippen molar-refractivity contribution in [2.75, 3.05) is 27.9 Å². The van der Waals surface area contributed by atoms with Crippen molar-refractivity contribution in [1.82, 2.24) is 10.2 Å². The molecule has 0 spiro atoms. The molecule has 0 saturated carbocycles. The van der Waals surface area contributed by atoms with E-state index >= 15 is 0 Å². The molecule has 6 nitrogen and oxygen atoms in total. The van der Waals surface area contributed by atoms with Gasteiger partial charge in [0, 0.05) is 26.1 Å². The summed E-state index contributed by atoms with van der Waals surface area (Å²) in [5, 5.41) is 3.17. The predicted octanol–water partition coefficient (Wildman–Crippen LogP) is 3.73. The second-order valence-corrected chi connectivity index (χ2v) is 7.63. The molecule has 1 N–H and O–H groups in total. The van der Waals surface area contributed by atoms with E-state index in [0.717, 1.165) is 37.4 Å². The van der Waals surface area contributed by atoms with Gasteiger partial charge in [0.15, 0.2) is 11.5 Å². The van der Waals surface area contributed by atoms with Crippen LogP contribution in [-0.4, -0.2) is 44.7 Å². The standard InChI is InChI=1S/C24H32N2O4/c1-6-21(25-16(2)27)24-20-14-23(30-5)22(29-4)13-18(20)11-12-26(24)15-17-7-9-19(28-3)10-8-17/h7-10,13-14,21,24H,6,11-12,15H2,1-5H3,(H,25,27)/t21-,24+/m0/s1. The van der Waals surface area contributed by atoms with E-state index in [1.807, 2.05) is 12.1 Å². The van der Waals surface area contributed by atoms with Crippen LogP contribution in [0.4, 0.5) is 0 Å². The zero-order valence-corrected chi connectivity index (χ0v) is 18.5. The Balaban J connectivity index is 2.00. The molecular formula is C24H32N2O4. The highest BCUT2D eigenvalue weighted by Gasteiger charge is 2.34. The number of rotatable bonds is 8. The van der Waals surface area contributed by atoms with E-state index in [0.29, 0.717) is 5.75 Å². The highest BCUT2D eigenvalue weighted by molar-refractivity contribution is 5.73. The first kappa shape index (κ1) is 22.0. The summed E-state index contributed by atoms with van der Waals surface area (Å²) in [4.78, 5) is 14.4. The molecule has 0 unspecified atom stereocenters. The van der Waals surface area contributed by atoms with E-state index in [1.54, 1.807) is 28.3 Å². The van der Waals surface area contributed by atoms with Gasteiger partial charge in [-0.05, 0) is 53.8 Å². The van der Waals surface area contributed by atoms with Gasteiger partial charge in [0.2, 0.25) is 5.91 Å². The second-order valence-electron chi connectivity index (χ2n) is 7.63. The number of amides is 1. The maximum absolute atomic E-state index is 11.9. The van der Waals surface area contributed by atoms with E-state index in [2.05, 4.69) is 41.4 Å². The minimum Gasteiger partial charge on any atom is -0.497 e. The van der Waals surface area contributed by atoms with Crippen molar-refractivity contribution in [2.24, 2.45) is 0 Å². The Bertz CT molecular complexity index is 866. The van der Waals surface area contributed by atoms with Gasteiger partial charge in [-0.3, -0.25) is 9.69 Å². The smallest absolute Gasteiger partial charge is 0.217 e. The van der Waals surface area contributed by atoms with Crippen LogP contribution in [0.3, 0.4) is 0 Å². The summed E-state index contributed by atoms with van der Waals surface area (Å²) < 4.78 is 16.4. The molecule has 2 atom stereocenters. The van der Waals surface area contributed by atoms with Gasteiger partial charge in [0.05, 0.1) is 27.4 Å². The molecule has 0 fully saturated rings. The van der Waals surface area contributed by atoms with Gasteiger partial charge in [0.1, 0.15) is 5.75 Å². The van der Waals surface area contributed by atoms with Crippen molar-refractivity contribution >= 4 is 5.91 Å². The summed E-state index contributed by atoms with van der Waals surface area (Å²) in [6.45, 7) is 5.38. The lowest BCUT2D eigenvalue weighted by atomic mass is 9.86. The summed E-state index contributed by atoms with van der Waals surface area (Å²) >= 11 is 0. The zero-order valence-electron chi connectivity index (χ0n) is 18.5. The Labute approximate surface area is 179 Å². The Kier molecular flexibility index (Phi) is 7.21. The Morgan fingerprint density at radius 3 is 2.33 bits per heavy atom. The molecule has 2 aromatic carbocycles. The number of hydrogen-bond donors (Lipinski definition) is 1. The SMILES string of the molecule is CC[C@H](NC(C)=O)[C@H]1c2cc(OC)c(OC)cc2CCN1Cc1ccc(OC)cc1. The van der Waals surface area contributed by atoms with Crippen LogP contribution in [0.15, 0.2) is 36.4 Å². The highest BCUT2D eigenvalue weighted by atomic mass is 16.5. The summed E-state index contributed by atoms with van der Waals surface area (Å²) in [5.74, 6) is 2.29. The van der Waals surface area contributed by atoms with Gasteiger partial charge in [0.25, 0.3) is 0 Å². The zero-order chi connectivity index (χ0) is 21.7. The minimum atomic E-state index is -0.0150. The van der Waals surface area contributed by atoms with E-state index in [9.17, 15) is 4.79 Å². The van der Waals surface area contributed by atoms with E-state index in [4.69, 9.17) is 14.2 Å². The second kappa shape index (κ2) is 9.85. The number of benzene rings is 2. The molecule has 0 bridgehead atoms. The number of carbonyl (C=O) groups excluding carboxylic acids is 1. The van der Waals surface area contributed by atoms with Crippen molar-refractivity contribution in [3.8, 4) is 17.2 Å². The van der Waals surface area contributed by atoms with Crippen LogP contribution < -0.4 is 19.5 Å². The van der Waals surface area contributed by atoms with Crippen molar-refractivity contribution in [3.63, 3.8) is 0 Å². The maximum atomic E-state index is 11.9. The molecule has 0 saturated heterocycles. The predicted molar refractivity (Wildman–Crippen MR) is 117 cm³/mol. The first-order valence-electron chi connectivity index (χ1n) is 10.4. The minimum absolute atomic E-state index is 0.00195. The van der Waals surface area contributed by atoms with Gasteiger partial charge >= 0.3 is 0 Å². The number of nitrogens with one attached hydrogen (secondary N) is 1. The fourth-order valence-electron chi connectivity index (χ4n) is 4.31. The van der Waals surface area contributed by atoms with Crippen LogP contribution >= 0.6 is 0 Å². The molecule has 1 heterocycles. The first-order chi connectivity index (χ1) is 14.5. The number of hydrogen-bond acceptors (Lipinski definition) is 5. The molecule has 3 rings (SSSR count). The largest absolute Gasteiger partial charge is 0.497 e. The van der Waals surface area contributed by atoms with Crippen molar-refractivity contribution in [2.45, 2.75) is 45.3 Å². The quantitative estimate of drug-likeness (QED) is 0.716. The van der Waals surface area contributed by atoms with Crippen molar-refractivity contribution < 1.29 is 19.0 Å².